The van der Waals surface area contributed by atoms with E-state index in [1.807, 2.05) is 25.1 Å². The second-order valence-corrected chi connectivity index (χ2v) is 8.46. The summed E-state index contributed by atoms with van der Waals surface area (Å²) in [6, 6.07) is 11.5. The van der Waals surface area contributed by atoms with E-state index in [0.29, 0.717) is 28.9 Å². The molecule has 0 radical (unpaired) electrons. The van der Waals surface area contributed by atoms with E-state index in [0.717, 1.165) is 24.5 Å². The lowest BCUT2D eigenvalue weighted by atomic mass is 10.0. The maximum absolute atomic E-state index is 13.0. The first-order valence-corrected chi connectivity index (χ1v) is 10.1. The van der Waals surface area contributed by atoms with Gasteiger partial charge in [-0.3, -0.25) is 9.59 Å². The van der Waals surface area contributed by atoms with Crippen molar-refractivity contribution in [2.45, 2.75) is 32.2 Å². The van der Waals surface area contributed by atoms with Crippen molar-refractivity contribution in [2.75, 3.05) is 11.4 Å². The van der Waals surface area contributed by atoms with Gasteiger partial charge in [0, 0.05) is 24.7 Å². The number of rotatable bonds is 5. The Hall–Kier alpha value is -2.54. The molecule has 3 aromatic rings. The van der Waals surface area contributed by atoms with E-state index in [1.54, 1.807) is 0 Å². The zero-order chi connectivity index (χ0) is 18.5. The predicted octanol–water partition coefficient (Wildman–Crippen LogP) is 2.49. The van der Waals surface area contributed by atoms with Gasteiger partial charge in [0.15, 0.2) is 5.78 Å². The molecule has 7 heteroatoms. The summed E-state index contributed by atoms with van der Waals surface area (Å²) in [6.07, 6.45) is 2.43. The highest BCUT2D eigenvalue weighted by Gasteiger charge is 2.55. The van der Waals surface area contributed by atoms with Gasteiger partial charge in [0.1, 0.15) is 0 Å². The Morgan fingerprint density at radius 2 is 2.11 bits per heavy atom. The molecule has 0 N–H and O–H groups in total. The molecule has 1 aromatic carbocycles. The molecule has 0 unspecified atom stereocenters. The van der Waals surface area contributed by atoms with E-state index in [9.17, 15) is 9.59 Å². The Balaban J connectivity index is 1.40. The molecule has 0 bridgehead atoms. The summed E-state index contributed by atoms with van der Waals surface area (Å²) in [4.78, 5) is 32.3. The number of ketones is 1. The number of anilines is 1. The van der Waals surface area contributed by atoms with E-state index in [4.69, 9.17) is 0 Å². The quantitative estimate of drug-likeness (QED) is 0.680. The second-order valence-electron chi connectivity index (χ2n) is 7.52. The third kappa shape index (κ3) is 2.96. The van der Waals surface area contributed by atoms with E-state index in [-0.39, 0.29) is 17.4 Å². The van der Waals surface area contributed by atoms with E-state index < -0.39 is 0 Å². The number of carbonyl (C=O) groups excluding carboxylic acids is 1. The molecule has 2 aliphatic rings. The first-order valence-electron chi connectivity index (χ1n) is 9.31. The number of hydrogen-bond acceptors (Lipinski definition) is 6. The SMILES string of the molecule is Cc1cc(=O)n2nc(N3C[C@@H]4C[C@@H]4[C@@H]3C(=O)CCc3ccccc3)sc2n1. The molecule has 2 fully saturated rings. The van der Waals surface area contributed by atoms with Crippen molar-refractivity contribution in [2.24, 2.45) is 11.8 Å². The minimum absolute atomic E-state index is 0.115. The van der Waals surface area contributed by atoms with Crippen LogP contribution < -0.4 is 10.5 Å². The molecule has 138 valence electrons. The van der Waals surface area contributed by atoms with Crippen LogP contribution in [-0.2, 0) is 11.2 Å². The molecule has 3 heterocycles. The molecular weight excluding hydrogens is 360 g/mol. The van der Waals surface area contributed by atoms with Crippen LogP contribution in [0.3, 0.4) is 0 Å². The Kier molecular flexibility index (Phi) is 3.86. The summed E-state index contributed by atoms with van der Waals surface area (Å²) in [5.41, 5.74) is 1.71. The lowest BCUT2D eigenvalue weighted by Gasteiger charge is -2.25. The zero-order valence-corrected chi connectivity index (χ0v) is 15.9. The van der Waals surface area contributed by atoms with Gasteiger partial charge in [-0.25, -0.2) is 4.98 Å². The molecule has 1 saturated carbocycles. The summed E-state index contributed by atoms with van der Waals surface area (Å²) in [5.74, 6) is 1.29. The molecule has 0 amide bonds. The van der Waals surface area contributed by atoms with Crippen LogP contribution in [0.25, 0.3) is 4.96 Å². The van der Waals surface area contributed by atoms with Crippen LogP contribution in [0, 0.1) is 18.8 Å². The molecule has 6 nitrogen and oxygen atoms in total. The maximum atomic E-state index is 13.0. The van der Waals surface area contributed by atoms with Gasteiger partial charge in [0.25, 0.3) is 5.56 Å². The Bertz CT molecular complexity index is 1070. The van der Waals surface area contributed by atoms with Crippen LogP contribution in [0.5, 0.6) is 0 Å². The second kappa shape index (κ2) is 6.27. The summed E-state index contributed by atoms with van der Waals surface area (Å²) in [7, 11) is 0. The monoisotopic (exact) mass is 380 g/mol. The minimum Gasteiger partial charge on any atom is -0.336 e. The number of hydrogen-bond donors (Lipinski definition) is 0. The summed E-state index contributed by atoms with van der Waals surface area (Å²) in [5, 5.41) is 5.21. The highest BCUT2D eigenvalue weighted by atomic mass is 32.1. The fourth-order valence-electron chi connectivity index (χ4n) is 4.16. The molecule has 1 aliphatic heterocycles. The lowest BCUT2D eigenvalue weighted by molar-refractivity contribution is -0.120. The standard InChI is InChI=1S/C20H20N4O2S/c1-12-9-17(26)24-19(21-12)27-20(22-24)23-11-14-10-15(14)18(23)16(25)8-7-13-5-3-2-4-6-13/h2-6,9,14-15,18H,7-8,10-11H2,1H3/t14-,15-,18+/m0/s1. The van der Waals surface area contributed by atoms with Crippen molar-refractivity contribution in [3.8, 4) is 0 Å². The summed E-state index contributed by atoms with van der Waals surface area (Å²) in [6.45, 7) is 2.65. The maximum Gasteiger partial charge on any atom is 0.275 e. The number of fused-ring (bicyclic) bond motifs is 2. The highest BCUT2D eigenvalue weighted by Crippen LogP contribution is 2.51. The van der Waals surface area contributed by atoms with Crippen LogP contribution in [0.4, 0.5) is 5.13 Å². The number of aromatic nitrogens is 3. The van der Waals surface area contributed by atoms with Crippen LogP contribution in [0.15, 0.2) is 41.2 Å². The number of benzene rings is 1. The molecule has 1 saturated heterocycles. The average Bonchev–Trinajstić information content (AvgIpc) is 3.11. The van der Waals surface area contributed by atoms with Gasteiger partial charge in [0.2, 0.25) is 10.1 Å². The van der Waals surface area contributed by atoms with E-state index in [2.05, 4.69) is 27.1 Å². The van der Waals surface area contributed by atoms with Gasteiger partial charge in [-0.1, -0.05) is 41.7 Å². The number of aryl methyl sites for hydroxylation is 2. The van der Waals surface area contributed by atoms with Crippen molar-refractivity contribution in [3.05, 3.63) is 58.0 Å². The van der Waals surface area contributed by atoms with Crippen molar-refractivity contribution >= 4 is 27.2 Å². The Morgan fingerprint density at radius 1 is 1.30 bits per heavy atom. The van der Waals surface area contributed by atoms with Gasteiger partial charge >= 0.3 is 0 Å². The van der Waals surface area contributed by atoms with E-state index >= 15 is 0 Å². The average molecular weight is 380 g/mol. The largest absolute Gasteiger partial charge is 0.336 e. The Morgan fingerprint density at radius 3 is 2.93 bits per heavy atom. The van der Waals surface area contributed by atoms with Crippen molar-refractivity contribution < 1.29 is 4.79 Å². The van der Waals surface area contributed by atoms with Crippen molar-refractivity contribution in [1.29, 1.82) is 0 Å². The van der Waals surface area contributed by atoms with Gasteiger partial charge in [-0.15, -0.1) is 5.10 Å². The normalized spacial score (nSPS) is 23.6. The fraction of sp³-hybridized carbons (Fsp3) is 0.400. The summed E-state index contributed by atoms with van der Waals surface area (Å²) >= 11 is 1.40. The molecule has 0 spiro atoms. The topological polar surface area (TPSA) is 67.6 Å². The van der Waals surface area contributed by atoms with Crippen LogP contribution in [-0.4, -0.2) is 33.0 Å². The molecule has 3 atom stereocenters. The fourth-order valence-corrected chi connectivity index (χ4v) is 5.16. The van der Waals surface area contributed by atoms with Gasteiger partial charge in [0.05, 0.1) is 6.04 Å². The van der Waals surface area contributed by atoms with Gasteiger partial charge in [-0.05, 0) is 37.2 Å². The van der Waals surface area contributed by atoms with Crippen molar-refractivity contribution in [3.63, 3.8) is 0 Å². The number of piperidine rings is 1. The van der Waals surface area contributed by atoms with Crippen LogP contribution in [0.2, 0.25) is 0 Å². The first-order chi connectivity index (χ1) is 13.1. The molecule has 5 rings (SSSR count). The van der Waals surface area contributed by atoms with E-state index in [1.165, 1.54) is 27.5 Å². The van der Waals surface area contributed by atoms with Crippen LogP contribution >= 0.6 is 11.3 Å². The number of Topliss-reactive ketones (excluding diaryl/α,β-unsaturated/α-hetero) is 1. The van der Waals surface area contributed by atoms with Crippen LogP contribution in [0.1, 0.15) is 24.1 Å². The minimum atomic E-state index is -0.170. The lowest BCUT2D eigenvalue weighted by Crippen LogP contribution is -2.39. The number of nitrogens with zero attached hydrogens (tertiary/aromatic N) is 4. The van der Waals surface area contributed by atoms with Crippen molar-refractivity contribution in [1.82, 2.24) is 14.6 Å². The third-order valence-electron chi connectivity index (χ3n) is 5.59. The summed E-state index contributed by atoms with van der Waals surface area (Å²) < 4.78 is 1.35. The first kappa shape index (κ1) is 16.6. The molecule has 27 heavy (non-hydrogen) atoms. The highest BCUT2D eigenvalue weighted by molar-refractivity contribution is 7.20. The van der Waals surface area contributed by atoms with Gasteiger partial charge < -0.3 is 4.90 Å². The van der Waals surface area contributed by atoms with Gasteiger partial charge in [-0.2, -0.15) is 4.52 Å². The molecule has 1 aliphatic carbocycles. The zero-order valence-electron chi connectivity index (χ0n) is 15.0. The third-order valence-corrected chi connectivity index (χ3v) is 6.54. The Labute approximate surface area is 160 Å². The molecular formula is C20H20N4O2S. The number of carbonyl (C=O) groups is 1. The predicted molar refractivity (Wildman–Crippen MR) is 104 cm³/mol. The molecule has 2 aromatic heterocycles. The smallest absolute Gasteiger partial charge is 0.275 e.